The van der Waals surface area contributed by atoms with Gasteiger partial charge in [0.05, 0.1) is 18.9 Å². The molecule has 0 bridgehead atoms. The maximum atomic E-state index is 11.7. The van der Waals surface area contributed by atoms with Crippen molar-refractivity contribution in [2.24, 2.45) is 0 Å². The summed E-state index contributed by atoms with van der Waals surface area (Å²) in [7, 11) is -3.47. The lowest BCUT2D eigenvalue weighted by Gasteiger charge is -2.21. The fourth-order valence-electron chi connectivity index (χ4n) is 2.10. The van der Waals surface area contributed by atoms with Crippen molar-refractivity contribution in [3.63, 3.8) is 0 Å². The average Bonchev–Trinajstić information content (AvgIpc) is 2.91. The molecule has 0 radical (unpaired) electrons. The van der Waals surface area contributed by atoms with Gasteiger partial charge in [-0.2, -0.15) is 5.10 Å². The molecule has 2 N–H and O–H groups in total. The van der Waals surface area contributed by atoms with Crippen LogP contribution < -0.4 is 4.72 Å². The molecule has 1 saturated carbocycles. The predicted octanol–water partition coefficient (Wildman–Crippen LogP) is 1.04. The Labute approximate surface area is 107 Å². The van der Waals surface area contributed by atoms with Crippen molar-refractivity contribution in [1.29, 1.82) is 0 Å². The number of aromatic nitrogens is 2. The van der Waals surface area contributed by atoms with Gasteiger partial charge < -0.3 is 4.74 Å². The summed E-state index contributed by atoms with van der Waals surface area (Å²) in [6.45, 7) is 0.704. The molecule has 0 atom stereocenters. The van der Waals surface area contributed by atoms with E-state index in [1.54, 1.807) is 0 Å². The van der Waals surface area contributed by atoms with Crippen molar-refractivity contribution in [2.45, 2.75) is 43.2 Å². The first kappa shape index (κ1) is 13.5. The maximum Gasteiger partial charge on any atom is 0.257 e. The van der Waals surface area contributed by atoms with Gasteiger partial charge >= 0.3 is 0 Å². The molecule has 0 spiro atoms. The molecule has 0 unspecified atom stereocenters. The highest BCUT2D eigenvalue weighted by molar-refractivity contribution is 7.89. The molecular weight excluding hydrogens is 254 g/mol. The van der Waals surface area contributed by atoms with Gasteiger partial charge in [-0.25, -0.2) is 13.1 Å². The molecule has 2 rings (SSSR count). The van der Waals surface area contributed by atoms with Crippen LogP contribution in [0.15, 0.2) is 17.3 Å². The molecular formula is C11H19N3O3S. The minimum Gasteiger partial charge on any atom is -0.377 e. The molecule has 1 aliphatic rings. The van der Waals surface area contributed by atoms with Crippen LogP contribution in [-0.2, 0) is 14.8 Å². The molecule has 1 heterocycles. The van der Waals surface area contributed by atoms with E-state index in [4.69, 9.17) is 4.74 Å². The summed E-state index contributed by atoms with van der Waals surface area (Å²) in [5.41, 5.74) is 0. The third-order valence-electron chi connectivity index (χ3n) is 3.06. The molecule has 102 valence electrons. The van der Waals surface area contributed by atoms with Crippen LogP contribution in [0.4, 0.5) is 0 Å². The first-order valence-corrected chi connectivity index (χ1v) is 7.77. The zero-order chi connectivity index (χ0) is 12.8. The molecule has 1 aliphatic carbocycles. The lowest BCUT2D eigenvalue weighted by molar-refractivity contribution is 0.0321. The third-order valence-corrected chi connectivity index (χ3v) is 4.46. The van der Waals surface area contributed by atoms with E-state index in [1.165, 1.54) is 31.5 Å². The molecule has 1 aromatic rings. The van der Waals surface area contributed by atoms with E-state index in [9.17, 15) is 8.42 Å². The van der Waals surface area contributed by atoms with Gasteiger partial charge in [0.25, 0.3) is 10.0 Å². The highest BCUT2D eigenvalue weighted by Gasteiger charge is 2.16. The Kier molecular flexibility index (Phi) is 4.73. The van der Waals surface area contributed by atoms with Crippen molar-refractivity contribution < 1.29 is 13.2 Å². The summed E-state index contributed by atoms with van der Waals surface area (Å²) in [5, 5.41) is 6.12. The van der Waals surface area contributed by atoms with Gasteiger partial charge in [-0.3, -0.25) is 5.10 Å². The van der Waals surface area contributed by atoms with Crippen LogP contribution >= 0.6 is 0 Å². The molecule has 18 heavy (non-hydrogen) atoms. The van der Waals surface area contributed by atoms with E-state index in [1.807, 2.05) is 0 Å². The Hall–Kier alpha value is -0.920. The highest BCUT2D eigenvalue weighted by atomic mass is 32.2. The smallest absolute Gasteiger partial charge is 0.257 e. The third kappa shape index (κ3) is 3.79. The van der Waals surface area contributed by atoms with Crippen molar-refractivity contribution in [1.82, 2.24) is 14.9 Å². The van der Waals surface area contributed by atoms with Crippen molar-refractivity contribution in [2.75, 3.05) is 13.2 Å². The molecule has 1 fully saturated rings. The summed E-state index contributed by atoms with van der Waals surface area (Å²) in [6, 6.07) is 1.42. The largest absolute Gasteiger partial charge is 0.377 e. The number of nitrogens with one attached hydrogen (secondary N) is 2. The van der Waals surface area contributed by atoms with Gasteiger partial charge in [0.2, 0.25) is 0 Å². The standard InChI is InChI=1S/C11H19N3O3S/c15-18(16,11-6-7-12-14-11)13-8-9-17-10-4-2-1-3-5-10/h6-7,10,13H,1-5,8-9H2,(H,12,14). The molecule has 0 aromatic carbocycles. The second kappa shape index (κ2) is 6.31. The molecule has 0 amide bonds. The monoisotopic (exact) mass is 273 g/mol. The zero-order valence-electron chi connectivity index (χ0n) is 10.3. The Morgan fingerprint density at radius 2 is 2.17 bits per heavy atom. The van der Waals surface area contributed by atoms with E-state index in [0.717, 1.165) is 12.8 Å². The quantitative estimate of drug-likeness (QED) is 0.758. The summed E-state index contributed by atoms with van der Waals surface area (Å²) in [4.78, 5) is 0. The molecule has 1 aromatic heterocycles. The van der Waals surface area contributed by atoms with E-state index in [0.29, 0.717) is 12.7 Å². The second-order valence-electron chi connectivity index (χ2n) is 4.45. The first-order chi connectivity index (χ1) is 8.68. The van der Waals surface area contributed by atoms with Gasteiger partial charge in [-0.1, -0.05) is 19.3 Å². The number of nitrogens with zero attached hydrogens (tertiary/aromatic N) is 1. The number of ether oxygens (including phenoxy) is 1. The fraction of sp³-hybridized carbons (Fsp3) is 0.727. The van der Waals surface area contributed by atoms with Crippen molar-refractivity contribution >= 4 is 10.0 Å². The van der Waals surface area contributed by atoms with Gasteiger partial charge in [-0.05, 0) is 18.9 Å². The summed E-state index contributed by atoms with van der Waals surface area (Å²) in [5.74, 6) is 0. The Bertz CT molecular complexity index is 438. The van der Waals surface area contributed by atoms with Gasteiger partial charge in [0.15, 0.2) is 5.03 Å². The average molecular weight is 273 g/mol. The Morgan fingerprint density at radius 1 is 1.39 bits per heavy atom. The first-order valence-electron chi connectivity index (χ1n) is 6.29. The summed E-state index contributed by atoms with van der Waals surface area (Å²) >= 11 is 0. The maximum absolute atomic E-state index is 11.7. The van der Waals surface area contributed by atoms with Crippen LogP contribution in [0, 0.1) is 0 Å². The van der Waals surface area contributed by atoms with E-state index >= 15 is 0 Å². The normalized spacial score (nSPS) is 18.0. The lowest BCUT2D eigenvalue weighted by Crippen LogP contribution is -2.29. The van der Waals surface area contributed by atoms with Crippen LogP contribution in [0.3, 0.4) is 0 Å². The van der Waals surface area contributed by atoms with Crippen molar-refractivity contribution in [3.05, 3.63) is 12.3 Å². The Morgan fingerprint density at radius 3 is 2.83 bits per heavy atom. The van der Waals surface area contributed by atoms with Gasteiger partial charge in [0.1, 0.15) is 0 Å². The predicted molar refractivity (Wildman–Crippen MR) is 66.6 cm³/mol. The van der Waals surface area contributed by atoms with E-state index in [2.05, 4.69) is 14.9 Å². The Balaban J connectivity index is 1.69. The minimum atomic E-state index is -3.47. The number of H-pyrrole nitrogens is 1. The molecule has 0 aliphatic heterocycles. The molecule has 7 heteroatoms. The zero-order valence-corrected chi connectivity index (χ0v) is 11.1. The molecule has 6 nitrogen and oxygen atoms in total. The van der Waals surface area contributed by atoms with Crippen molar-refractivity contribution in [3.8, 4) is 0 Å². The number of aromatic amines is 1. The number of sulfonamides is 1. The lowest BCUT2D eigenvalue weighted by atomic mass is 9.98. The molecule has 0 saturated heterocycles. The SMILES string of the molecule is O=S(=O)(NCCOC1CCCCC1)c1ccn[nH]1. The summed E-state index contributed by atoms with van der Waals surface area (Å²) < 4.78 is 31.5. The van der Waals surface area contributed by atoms with Gasteiger partial charge in [-0.15, -0.1) is 0 Å². The minimum absolute atomic E-state index is 0.0835. The van der Waals surface area contributed by atoms with E-state index < -0.39 is 10.0 Å². The topological polar surface area (TPSA) is 84.1 Å². The highest BCUT2D eigenvalue weighted by Crippen LogP contribution is 2.19. The number of rotatable bonds is 6. The van der Waals surface area contributed by atoms with Crippen LogP contribution in [0.1, 0.15) is 32.1 Å². The van der Waals surface area contributed by atoms with Crippen LogP contribution in [0.25, 0.3) is 0 Å². The second-order valence-corrected chi connectivity index (χ2v) is 6.18. The van der Waals surface area contributed by atoms with Crippen LogP contribution in [-0.4, -0.2) is 37.9 Å². The van der Waals surface area contributed by atoms with Crippen LogP contribution in [0.5, 0.6) is 0 Å². The summed E-state index contributed by atoms with van der Waals surface area (Å²) in [6.07, 6.45) is 7.60. The number of hydrogen-bond donors (Lipinski definition) is 2. The fourth-order valence-corrected chi connectivity index (χ4v) is 3.02. The number of hydrogen-bond acceptors (Lipinski definition) is 4. The van der Waals surface area contributed by atoms with Crippen LogP contribution in [0.2, 0.25) is 0 Å². The van der Waals surface area contributed by atoms with E-state index in [-0.39, 0.29) is 11.6 Å². The van der Waals surface area contributed by atoms with Gasteiger partial charge in [0, 0.05) is 6.54 Å².